The molecule has 2 rings (SSSR count). The Kier molecular flexibility index (Phi) is 6.60. The molecule has 24 heavy (non-hydrogen) atoms. The molecule has 0 bridgehead atoms. The third-order valence-corrected chi connectivity index (χ3v) is 5.68. The first-order chi connectivity index (χ1) is 11.5. The molecule has 0 saturated heterocycles. The van der Waals surface area contributed by atoms with Crippen LogP contribution in [-0.2, 0) is 4.79 Å². The lowest BCUT2D eigenvalue weighted by Crippen LogP contribution is -2.31. The van der Waals surface area contributed by atoms with Gasteiger partial charge in [0.1, 0.15) is 0 Å². The van der Waals surface area contributed by atoms with Crippen molar-refractivity contribution in [3.05, 3.63) is 32.9 Å². The van der Waals surface area contributed by atoms with Crippen LogP contribution < -0.4 is 5.73 Å². The Morgan fingerprint density at radius 3 is 2.62 bits per heavy atom. The van der Waals surface area contributed by atoms with Crippen LogP contribution in [-0.4, -0.2) is 23.8 Å². The average molecular weight is 439 g/mol. The number of halogens is 1. The van der Waals surface area contributed by atoms with Gasteiger partial charge in [-0.05, 0) is 52.6 Å². The highest BCUT2D eigenvalue weighted by molar-refractivity contribution is 14.1. The van der Waals surface area contributed by atoms with E-state index in [0.717, 1.165) is 21.3 Å². The van der Waals surface area contributed by atoms with E-state index >= 15 is 0 Å². The number of benzene rings is 1. The molecule has 1 aliphatic carbocycles. The van der Waals surface area contributed by atoms with Crippen molar-refractivity contribution in [3.8, 4) is 6.19 Å². The normalized spacial score (nSPS) is 16.2. The van der Waals surface area contributed by atoms with Crippen molar-refractivity contribution in [2.24, 2.45) is 11.7 Å². The zero-order chi connectivity index (χ0) is 17.7. The van der Waals surface area contributed by atoms with Gasteiger partial charge >= 0.3 is 0 Å². The van der Waals surface area contributed by atoms with Gasteiger partial charge in [-0.15, -0.1) is 0 Å². The summed E-state index contributed by atoms with van der Waals surface area (Å²) in [5.41, 5.74) is 6.58. The van der Waals surface area contributed by atoms with Crippen LogP contribution >= 0.6 is 22.6 Å². The minimum absolute atomic E-state index is 0.269. The molecule has 1 fully saturated rings. The van der Waals surface area contributed by atoms with E-state index in [1.807, 2.05) is 12.3 Å². The minimum Gasteiger partial charge on any atom is -0.366 e. The van der Waals surface area contributed by atoms with Gasteiger partial charge < -0.3 is 5.73 Å². The highest BCUT2D eigenvalue weighted by Crippen LogP contribution is 2.37. The third-order valence-electron chi connectivity index (χ3n) is 4.74. The number of primary amides is 1. The maximum absolute atomic E-state index is 12.8. The predicted molar refractivity (Wildman–Crippen MR) is 100.0 cm³/mol. The van der Waals surface area contributed by atoms with Crippen molar-refractivity contribution < 1.29 is 9.59 Å². The average Bonchev–Trinajstić information content (AvgIpc) is 2.59. The summed E-state index contributed by atoms with van der Waals surface area (Å²) in [5, 5.41) is 9.12. The lowest BCUT2D eigenvalue weighted by molar-refractivity contribution is -0.129. The Hall–Kier alpha value is -1.62. The molecule has 0 unspecified atom stereocenters. The van der Waals surface area contributed by atoms with Crippen LogP contribution in [0.2, 0.25) is 0 Å². The number of amides is 2. The van der Waals surface area contributed by atoms with E-state index in [9.17, 15) is 9.59 Å². The molecule has 1 aromatic carbocycles. The smallest absolute Gasteiger partial charge is 0.249 e. The summed E-state index contributed by atoms with van der Waals surface area (Å²) in [6.45, 7) is 0. The molecule has 0 radical (unpaired) electrons. The fraction of sp³-hybridized carbons (Fsp3) is 0.500. The van der Waals surface area contributed by atoms with Crippen molar-refractivity contribution >= 4 is 34.4 Å². The maximum Gasteiger partial charge on any atom is 0.249 e. The van der Waals surface area contributed by atoms with Gasteiger partial charge in [0.05, 0.1) is 5.92 Å². The van der Waals surface area contributed by atoms with Crippen LogP contribution in [0.3, 0.4) is 0 Å². The fourth-order valence-corrected chi connectivity index (χ4v) is 4.36. The summed E-state index contributed by atoms with van der Waals surface area (Å²) in [7, 11) is 1.47. The largest absolute Gasteiger partial charge is 0.366 e. The van der Waals surface area contributed by atoms with E-state index in [-0.39, 0.29) is 5.91 Å². The number of nitrogens with zero attached hydrogens (tertiary/aromatic N) is 2. The number of carbonyl (C=O) groups excluding carboxylic acids is 2. The second-order valence-electron chi connectivity index (χ2n) is 6.35. The second kappa shape index (κ2) is 8.47. The van der Waals surface area contributed by atoms with E-state index in [4.69, 9.17) is 11.0 Å². The highest BCUT2D eigenvalue weighted by Gasteiger charge is 2.32. The number of carbonyl (C=O) groups is 2. The van der Waals surface area contributed by atoms with E-state index in [2.05, 4.69) is 22.6 Å². The second-order valence-corrected chi connectivity index (χ2v) is 7.52. The topological polar surface area (TPSA) is 87.2 Å². The molecule has 2 amide bonds. The molecule has 6 heteroatoms. The Balaban J connectivity index is 2.44. The molecule has 0 spiro atoms. The van der Waals surface area contributed by atoms with E-state index in [0.29, 0.717) is 23.5 Å². The summed E-state index contributed by atoms with van der Waals surface area (Å²) in [6.07, 6.45) is 8.32. The Labute approximate surface area is 156 Å². The van der Waals surface area contributed by atoms with Crippen LogP contribution in [0, 0.1) is 20.9 Å². The first-order valence-electron chi connectivity index (χ1n) is 8.21. The van der Waals surface area contributed by atoms with Crippen molar-refractivity contribution in [2.45, 2.75) is 44.4 Å². The van der Waals surface area contributed by atoms with Crippen molar-refractivity contribution in [1.82, 2.24) is 4.90 Å². The monoisotopic (exact) mass is 439 g/mol. The van der Waals surface area contributed by atoms with Crippen molar-refractivity contribution in [2.75, 3.05) is 7.05 Å². The van der Waals surface area contributed by atoms with Gasteiger partial charge in [0.15, 0.2) is 6.19 Å². The van der Waals surface area contributed by atoms with E-state index in [1.165, 1.54) is 26.3 Å². The molecule has 0 aromatic heterocycles. The van der Waals surface area contributed by atoms with Gasteiger partial charge in [-0.2, -0.15) is 5.26 Å². The van der Waals surface area contributed by atoms with Crippen molar-refractivity contribution in [1.29, 1.82) is 5.26 Å². The predicted octanol–water partition coefficient (Wildman–Crippen LogP) is 3.38. The highest BCUT2D eigenvalue weighted by atomic mass is 127. The Bertz CT molecular complexity index is 663. The zero-order valence-corrected chi connectivity index (χ0v) is 16.0. The molecule has 5 nitrogen and oxygen atoms in total. The molecule has 1 aliphatic rings. The molecule has 2 N–H and O–H groups in total. The Morgan fingerprint density at radius 1 is 1.38 bits per heavy atom. The summed E-state index contributed by atoms with van der Waals surface area (Å²) in [6, 6.07) is 5.30. The number of likely N-dealkylation sites (N-methyl/N-ethyl adjacent to an activating group) is 1. The number of hydrogen-bond donors (Lipinski definition) is 1. The molecular formula is C18H22IN3O2. The zero-order valence-electron chi connectivity index (χ0n) is 13.8. The van der Waals surface area contributed by atoms with E-state index < -0.39 is 11.8 Å². The molecular weight excluding hydrogens is 417 g/mol. The van der Waals surface area contributed by atoms with Gasteiger partial charge in [-0.25, -0.2) is 0 Å². The molecule has 1 aromatic rings. The summed E-state index contributed by atoms with van der Waals surface area (Å²) >= 11 is 2.14. The van der Waals surface area contributed by atoms with Gasteiger partial charge in [-0.1, -0.05) is 38.2 Å². The molecule has 1 atom stereocenters. The number of hydrogen-bond acceptors (Lipinski definition) is 3. The number of nitrogens with two attached hydrogens (primary N) is 1. The molecule has 0 aliphatic heterocycles. The van der Waals surface area contributed by atoms with Crippen LogP contribution in [0.1, 0.15) is 60.4 Å². The van der Waals surface area contributed by atoms with Crippen LogP contribution in [0.15, 0.2) is 18.2 Å². The molecule has 1 saturated carbocycles. The van der Waals surface area contributed by atoms with Crippen LogP contribution in [0.4, 0.5) is 0 Å². The van der Waals surface area contributed by atoms with Crippen molar-refractivity contribution in [3.63, 3.8) is 0 Å². The fourth-order valence-electron chi connectivity index (χ4n) is 3.49. The van der Waals surface area contributed by atoms with Gasteiger partial charge in [0, 0.05) is 16.2 Å². The lowest BCUT2D eigenvalue weighted by atomic mass is 9.79. The Morgan fingerprint density at radius 2 is 2.04 bits per heavy atom. The lowest BCUT2D eigenvalue weighted by Gasteiger charge is -2.28. The first-order valence-corrected chi connectivity index (χ1v) is 9.29. The van der Waals surface area contributed by atoms with Gasteiger partial charge in [-0.3, -0.25) is 14.5 Å². The van der Waals surface area contributed by atoms with Gasteiger partial charge in [0.2, 0.25) is 11.8 Å². The summed E-state index contributed by atoms with van der Waals surface area (Å²) < 4.78 is 0.837. The maximum atomic E-state index is 12.8. The van der Waals surface area contributed by atoms with Crippen LogP contribution in [0.25, 0.3) is 0 Å². The SMILES string of the molecule is CN(C#N)C(=O)[C@@H](CC1CCCCC1)c1c(I)cccc1C(N)=O. The number of nitriles is 1. The quantitative estimate of drug-likeness (QED) is 0.434. The standard InChI is InChI=1S/C18H22IN3O2/c1-22(11-20)18(24)14(10-12-6-3-2-4-7-12)16-13(17(21)23)8-5-9-15(16)19/h5,8-9,12,14H,2-4,6-7,10H2,1H3,(H2,21,23)/t14-/m0/s1. The minimum atomic E-state index is -0.537. The first kappa shape index (κ1) is 18.7. The molecule has 0 heterocycles. The van der Waals surface area contributed by atoms with E-state index in [1.54, 1.807) is 12.1 Å². The molecule has 128 valence electrons. The summed E-state index contributed by atoms with van der Waals surface area (Å²) in [5.74, 6) is -0.871. The third kappa shape index (κ3) is 4.26. The number of rotatable bonds is 5. The summed E-state index contributed by atoms with van der Waals surface area (Å²) in [4.78, 5) is 25.7. The van der Waals surface area contributed by atoms with Crippen LogP contribution in [0.5, 0.6) is 0 Å². The van der Waals surface area contributed by atoms with Gasteiger partial charge in [0.25, 0.3) is 0 Å².